The van der Waals surface area contributed by atoms with Gasteiger partial charge in [0.2, 0.25) is 5.91 Å². The van der Waals surface area contributed by atoms with E-state index in [1.54, 1.807) is 7.11 Å². The summed E-state index contributed by atoms with van der Waals surface area (Å²) in [6.45, 7) is 7.93. The van der Waals surface area contributed by atoms with Gasteiger partial charge in [0.15, 0.2) is 5.96 Å². The van der Waals surface area contributed by atoms with Crippen molar-refractivity contribution in [3.8, 4) is 0 Å². The zero-order valence-corrected chi connectivity index (χ0v) is 20.4. The van der Waals surface area contributed by atoms with Crippen LogP contribution in [0.15, 0.2) is 35.3 Å². The van der Waals surface area contributed by atoms with E-state index in [0.29, 0.717) is 18.5 Å². The summed E-state index contributed by atoms with van der Waals surface area (Å²) in [5.41, 5.74) is 1.44. The molecule has 0 aliphatic heterocycles. The Morgan fingerprint density at radius 2 is 1.93 bits per heavy atom. The number of carbonyl (C=O) groups is 1. The monoisotopic (exact) mass is 516 g/mol. The zero-order chi connectivity index (χ0) is 20.2. The van der Waals surface area contributed by atoms with Gasteiger partial charge in [-0.1, -0.05) is 36.8 Å². The van der Waals surface area contributed by atoms with Crippen LogP contribution in [0.3, 0.4) is 0 Å². The minimum Gasteiger partial charge on any atom is -0.385 e. The highest BCUT2D eigenvalue weighted by atomic mass is 127. The quantitative estimate of drug-likeness (QED) is 0.269. The predicted molar refractivity (Wildman–Crippen MR) is 130 cm³/mol. The van der Waals surface area contributed by atoms with Crippen LogP contribution in [0.5, 0.6) is 0 Å². The summed E-state index contributed by atoms with van der Waals surface area (Å²) in [4.78, 5) is 19.0. The number of hydrogen-bond donors (Lipinski definition) is 2. The Morgan fingerprint density at radius 3 is 2.48 bits per heavy atom. The number of nitrogens with zero attached hydrogens (tertiary/aromatic N) is 2. The molecule has 0 bridgehead atoms. The third-order valence-corrected chi connectivity index (χ3v) is 5.55. The molecule has 0 aromatic heterocycles. The molecule has 1 fully saturated rings. The number of carbonyl (C=O) groups excluding carboxylic acids is 1. The third kappa shape index (κ3) is 8.50. The van der Waals surface area contributed by atoms with Crippen molar-refractivity contribution < 1.29 is 9.53 Å². The van der Waals surface area contributed by atoms with E-state index in [4.69, 9.17) is 4.74 Å². The highest BCUT2D eigenvalue weighted by Crippen LogP contribution is 2.43. The second-order valence-electron chi connectivity index (χ2n) is 7.54. The molecule has 0 atom stereocenters. The fourth-order valence-electron chi connectivity index (χ4n) is 3.55. The molecule has 1 aliphatic carbocycles. The lowest BCUT2D eigenvalue weighted by Gasteiger charge is -2.42. The Bertz CT molecular complexity index is 620. The zero-order valence-electron chi connectivity index (χ0n) is 18.1. The molecule has 2 N–H and O–H groups in total. The van der Waals surface area contributed by atoms with Crippen LogP contribution in [0, 0.1) is 5.41 Å². The van der Waals surface area contributed by atoms with Crippen molar-refractivity contribution in [1.29, 1.82) is 0 Å². The second-order valence-corrected chi connectivity index (χ2v) is 7.54. The molecule has 164 valence electrons. The number of halogens is 1. The van der Waals surface area contributed by atoms with Crippen LogP contribution in [0.25, 0.3) is 0 Å². The molecule has 1 saturated carbocycles. The molecule has 0 unspecified atom stereocenters. The summed E-state index contributed by atoms with van der Waals surface area (Å²) in [6, 6.07) is 10.1. The summed E-state index contributed by atoms with van der Waals surface area (Å²) < 4.78 is 5.27. The molecule has 29 heavy (non-hydrogen) atoms. The van der Waals surface area contributed by atoms with Gasteiger partial charge in [-0.3, -0.25) is 4.79 Å². The predicted octanol–water partition coefficient (Wildman–Crippen LogP) is 3.42. The maximum Gasteiger partial charge on any atom is 0.244 e. The summed E-state index contributed by atoms with van der Waals surface area (Å²) in [6.07, 6.45) is 4.79. The van der Waals surface area contributed by atoms with Crippen LogP contribution < -0.4 is 10.6 Å². The van der Waals surface area contributed by atoms with E-state index in [2.05, 4.69) is 15.6 Å². The first-order valence-corrected chi connectivity index (χ1v) is 10.5. The van der Waals surface area contributed by atoms with E-state index in [1.807, 2.05) is 49.1 Å². The number of hydrogen-bond acceptors (Lipinski definition) is 3. The first-order valence-electron chi connectivity index (χ1n) is 10.5. The molecule has 0 radical (unpaired) electrons. The van der Waals surface area contributed by atoms with Gasteiger partial charge in [-0.15, -0.1) is 24.0 Å². The topological polar surface area (TPSA) is 66.0 Å². The van der Waals surface area contributed by atoms with Crippen LogP contribution in [-0.2, 0) is 16.1 Å². The van der Waals surface area contributed by atoms with E-state index in [-0.39, 0.29) is 36.4 Å². The number of likely N-dealkylation sites (N-methyl/N-ethyl adjacent to an activating group) is 1. The number of nitrogens with one attached hydrogen (secondary N) is 2. The van der Waals surface area contributed by atoms with Gasteiger partial charge >= 0.3 is 0 Å². The Kier molecular flexibility index (Phi) is 12.2. The van der Waals surface area contributed by atoms with Crippen molar-refractivity contribution in [1.82, 2.24) is 15.5 Å². The van der Waals surface area contributed by atoms with Crippen LogP contribution >= 0.6 is 24.0 Å². The van der Waals surface area contributed by atoms with Crippen molar-refractivity contribution in [3.63, 3.8) is 0 Å². The van der Waals surface area contributed by atoms with Crippen molar-refractivity contribution in [3.05, 3.63) is 35.9 Å². The number of methoxy groups -OCH3 is 1. The molecule has 1 aromatic carbocycles. The van der Waals surface area contributed by atoms with Crippen LogP contribution in [-0.4, -0.2) is 56.7 Å². The largest absolute Gasteiger partial charge is 0.385 e. The van der Waals surface area contributed by atoms with E-state index in [1.165, 1.54) is 19.3 Å². The van der Waals surface area contributed by atoms with Gasteiger partial charge < -0.3 is 20.3 Å². The summed E-state index contributed by atoms with van der Waals surface area (Å²) >= 11 is 0. The molecule has 2 rings (SSSR count). The summed E-state index contributed by atoms with van der Waals surface area (Å²) in [7, 11) is 1.76. The van der Waals surface area contributed by atoms with Crippen LogP contribution in [0.2, 0.25) is 0 Å². The smallest absolute Gasteiger partial charge is 0.244 e. The number of rotatable bonds is 11. The van der Waals surface area contributed by atoms with Crippen molar-refractivity contribution in [2.45, 2.75) is 46.1 Å². The first kappa shape index (κ1) is 25.7. The Morgan fingerprint density at radius 1 is 1.21 bits per heavy atom. The molecule has 0 spiro atoms. The molecule has 0 saturated heterocycles. The van der Waals surface area contributed by atoms with Gasteiger partial charge in [0.25, 0.3) is 0 Å². The first-order chi connectivity index (χ1) is 13.6. The number of ether oxygens (including phenoxy) is 1. The number of amides is 1. The van der Waals surface area contributed by atoms with Gasteiger partial charge in [-0.2, -0.15) is 0 Å². The molecule has 1 aromatic rings. The fraction of sp³-hybridized carbons (Fsp3) is 0.636. The number of guanidine groups is 1. The highest BCUT2D eigenvalue weighted by molar-refractivity contribution is 14.0. The molecular formula is C22H37IN4O2. The lowest BCUT2D eigenvalue weighted by molar-refractivity contribution is -0.130. The third-order valence-electron chi connectivity index (χ3n) is 5.55. The number of benzene rings is 1. The minimum atomic E-state index is 0. The second kappa shape index (κ2) is 13.8. The van der Waals surface area contributed by atoms with Crippen molar-refractivity contribution in [2.24, 2.45) is 10.4 Å². The van der Waals surface area contributed by atoms with Crippen LogP contribution in [0.1, 0.15) is 45.1 Å². The van der Waals surface area contributed by atoms with E-state index >= 15 is 0 Å². The average molecular weight is 516 g/mol. The number of aliphatic imine (C=N–C) groups is 1. The minimum absolute atomic E-state index is 0. The molecule has 7 heteroatoms. The molecule has 0 heterocycles. The van der Waals surface area contributed by atoms with Gasteiger partial charge in [0.1, 0.15) is 6.54 Å². The lowest BCUT2D eigenvalue weighted by atomic mass is 9.67. The van der Waals surface area contributed by atoms with Gasteiger partial charge in [0, 0.05) is 39.9 Å². The molecular weight excluding hydrogens is 479 g/mol. The normalized spacial score (nSPS) is 15.1. The standard InChI is InChI=1S/C22H36N4O2.HI/c1-4-23-21(25-18-22(12-9-13-22)14-15-28-3)24-16-20(27)26(5-2)17-19-10-7-6-8-11-19;/h6-8,10-11H,4-5,9,12-18H2,1-3H3,(H2,23,24,25);1H. The molecule has 1 amide bonds. The van der Waals surface area contributed by atoms with Gasteiger partial charge in [-0.05, 0) is 44.1 Å². The van der Waals surface area contributed by atoms with E-state index in [0.717, 1.165) is 37.6 Å². The molecule has 6 nitrogen and oxygen atoms in total. The SMILES string of the molecule is CCNC(=NCC(=O)N(CC)Cc1ccccc1)NCC1(CCOC)CCC1.I. The van der Waals surface area contributed by atoms with Gasteiger partial charge in [0.05, 0.1) is 0 Å². The summed E-state index contributed by atoms with van der Waals surface area (Å²) in [5, 5.41) is 6.71. The van der Waals surface area contributed by atoms with Crippen molar-refractivity contribution in [2.75, 3.05) is 39.9 Å². The Labute approximate surface area is 192 Å². The maximum absolute atomic E-state index is 12.6. The van der Waals surface area contributed by atoms with E-state index in [9.17, 15) is 4.79 Å². The average Bonchev–Trinajstić information content (AvgIpc) is 2.69. The lowest BCUT2D eigenvalue weighted by Crippen LogP contribution is -2.47. The maximum atomic E-state index is 12.6. The fourth-order valence-corrected chi connectivity index (χ4v) is 3.55. The Balaban J connectivity index is 0.00000420. The van der Waals surface area contributed by atoms with E-state index < -0.39 is 0 Å². The Hall–Kier alpha value is -1.35. The van der Waals surface area contributed by atoms with Crippen molar-refractivity contribution >= 4 is 35.8 Å². The molecule has 1 aliphatic rings. The highest BCUT2D eigenvalue weighted by Gasteiger charge is 2.36. The summed E-state index contributed by atoms with van der Waals surface area (Å²) in [5.74, 6) is 0.761. The van der Waals surface area contributed by atoms with Gasteiger partial charge in [-0.25, -0.2) is 4.99 Å². The van der Waals surface area contributed by atoms with Crippen LogP contribution in [0.4, 0.5) is 0 Å².